The molecule has 2 aromatic rings. The highest BCUT2D eigenvalue weighted by atomic mass is 19.4. The third kappa shape index (κ3) is 4.80. The minimum absolute atomic E-state index is 0.0743. The number of aromatic amines is 1. The highest BCUT2D eigenvalue weighted by Gasteiger charge is 2.30. The van der Waals surface area contributed by atoms with Crippen LogP contribution in [0.25, 0.3) is 11.1 Å². The quantitative estimate of drug-likeness (QED) is 0.697. The van der Waals surface area contributed by atoms with Gasteiger partial charge in [0.15, 0.2) is 0 Å². The Morgan fingerprint density at radius 3 is 2.39 bits per heavy atom. The largest absolute Gasteiger partial charge is 0.416 e. The predicted octanol–water partition coefficient (Wildman–Crippen LogP) is 3.48. The molecule has 3 heterocycles. The topological polar surface area (TPSA) is 74.0 Å². The van der Waals surface area contributed by atoms with Crippen LogP contribution in [0.15, 0.2) is 53.3 Å². The number of carbonyl (C=O) groups is 1. The van der Waals surface area contributed by atoms with Crippen molar-refractivity contribution < 1.29 is 18.0 Å². The number of amides is 1. The Balaban J connectivity index is 1.73. The summed E-state index contributed by atoms with van der Waals surface area (Å²) in [5.41, 5.74) is 2.15. The molecule has 5 nitrogen and oxygen atoms in total. The molecule has 0 bridgehead atoms. The fraction of sp³-hybridized carbons (Fsp3) is 0.304. The second-order valence-corrected chi connectivity index (χ2v) is 7.67. The van der Waals surface area contributed by atoms with Crippen LogP contribution in [0, 0.1) is 0 Å². The molecule has 8 heteroatoms. The zero-order valence-electron chi connectivity index (χ0n) is 16.7. The van der Waals surface area contributed by atoms with Crippen molar-refractivity contribution in [3.63, 3.8) is 0 Å². The van der Waals surface area contributed by atoms with Gasteiger partial charge in [0, 0.05) is 35.8 Å². The van der Waals surface area contributed by atoms with Gasteiger partial charge in [-0.15, -0.1) is 0 Å². The van der Waals surface area contributed by atoms with E-state index in [1.165, 1.54) is 12.1 Å². The number of benzene rings is 1. The van der Waals surface area contributed by atoms with Crippen LogP contribution in [-0.2, 0) is 11.0 Å². The lowest BCUT2D eigenvalue weighted by molar-refractivity contribution is -0.137. The lowest BCUT2D eigenvalue weighted by atomic mass is 9.96. The molecule has 1 fully saturated rings. The van der Waals surface area contributed by atoms with Crippen LogP contribution < -0.4 is 16.2 Å². The summed E-state index contributed by atoms with van der Waals surface area (Å²) in [6, 6.07) is 8.06. The highest BCUT2D eigenvalue weighted by Crippen LogP contribution is 2.31. The fourth-order valence-electron chi connectivity index (χ4n) is 3.89. The number of rotatable bonds is 4. The minimum Gasteiger partial charge on any atom is -0.350 e. The summed E-state index contributed by atoms with van der Waals surface area (Å²) in [6.07, 6.45) is 1.07. The standard InChI is InChI=1S/C23H22F3N3O2/c24-23(25,26)16-3-1-14(2-4-16)19(13-17-5-8-21(30)28-17)20-7-6-18(22(31)29-20)15-9-11-27-12-10-15/h1-4,6-7,9,13,17,27H,5,8,10-12H2,(H,28,30)(H,29,31)/b19-13+/t17-/m1/s1. The van der Waals surface area contributed by atoms with Crippen molar-refractivity contribution in [1.82, 2.24) is 15.6 Å². The van der Waals surface area contributed by atoms with Crippen molar-refractivity contribution in [2.45, 2.75) is 31.5 Å². The number of pyridine rings is 1. The van der Waals surface area contributed by atoms with Gasteiger partial charge >= 0.3 is 6.18 Å². The van der Waals surface area contributed by atoms with Gasteiger partial charge in [0.2, 0.25) is 5.91 Å². The summed E-state index contributed by atoms with van der Waals surface area (Å²) in [5.74, 6) is -0.0743. The molecule has 1 aromatic carbocycles. The summed E-state index contributed by atoms with van der Waals surface area (Å²) in [7, 11) is 0. The van der Waals surface area contributed by atoms with E-state index in [0.29, 0.717) is 41.8 Å². The maximum atomic E-state index is 13.0. The van der Waals surface area contributed by atoms with Crippen LogP contribution in [0.3, 0.4) is 0 Å². The van der Waals surface area contributed by atoms with Gasteiger partial charge in [0.05, 0.1) is 5.56 Å². The third-order valence-corrected chi connectivity index (χ3v) is 5.53. The van der Waals surface area contributed by atoms with Gasteiger partial charge in [-0.1, -0.05) is 24.3 Å². The zero-order valence-corrected chi connectivity index (χ0v) is 16.7. The molecular weight excluding hydrogens is 407 g/mol. The van der Waals surface area contributed by atoms with E-state index in [2.05, 4.69) is 15.6 Å². The lowest BCUT2D eigenvalue weighted by Gasteiger charge is -2.16. The highest BCUT2D eigenvalue weighted by molar-refractivity contribution is 5.82. The van der Waals surface area contributed by atoms with Crippen molar-refractivity contribution in [1.29, 1.82) is 0 Å². The number of hydrogen-bond donors (Lipinski definition) is 3. The zero-order chi connectivity index (χ0) is 22.0. The monoisotopic (exact) mass is 429 g/mol. The molecule has 1 amide bonds. The molecule has 4 rings (SSSR count). The molecule has 3 N–H and O–H groups in total. The van der Waals surface area contributed by atoms with E-state index in [1.54, 1.807) is 18.2 Å². The summed E-state index contributed by atoms with van der Waals surface area (Å²) < 4.78 is 38.9. The van der Waals surface area contributed by atoms with Crippen molar-refractivity contribution >= 4 is 17.1 Å². The molecule has 0 aliphatic carbocycles. The van der Waals surface area contributed by atoms with Crippen LogP contribution in [0.1, 0.15) is 41.6 Å². The van der Waals surface area contributed by atoms with Crippen LogP contribution in [0.5, 0.6) is 0 Å². The first kappa shape index (κ1) is 21.1. The molecule has 1 aromatic heterocycles. The Labute approximate surface area is 177 Å². The second kappa shape index (κ2) is 8.55. The summed E-state index contributed by atoms with van der Waals surface area (Å²) >= 11 is 0. The number of halogens is 3. The van der Waals surface area contributed by atoms with Gasteiger partial charge < -0.3 is 15.6 Å². The molecular formula is C23H22F3N3O2. The van der Waals surface area contributed by atoms with Gasteiger partial charge in [0.1, 0.15) is 0 Å². The Morgan fingerprint density at radius 2 is 1.81 bits per heavy atom. The molecule has 2 aliphatic heterocycles. The molecule has 2 aliphatic rings. The molecule has 31 heavy (non-hydrogen) atoms. The van der Waals surface area contributed by atoms with Crippen molar-refractivity contribution in [2.75, 3.05) is 13.1 Å². The number of nitrogens with one attached hydrogen (secondary N) is 3. The molecule has 1 saturated heterocycles. The Hall–Kier alpha value is -3.13. The first-order chi connectivity index (χ1) is 14.8. The van der Waals surface area contributed by atoms with E-state index < -0.39 is 11.7 Å². The number of carbonyl (C=O) groups excluding carboxylic acids is 1. The Bertz CT molecular complexity index is 1100. The van der Waals surface area contributed by atoms with Gasteiger partial charge in [-0.05, 0) is 54.8 Å². The number of H-pyrrole nitrogens is 1. The number of alkyl halides is 3. The van der Waals surface area contributed by atoms with Crippen molar-refractivity contribution in [2.24, 2.45) is 0 Å². The van der Waals surface area contributed by atoms with Gasteiger partial charge in [-0.25, -0.2) is 0 Å². The van der Waals surface area contributed by atoms with E-state index in [0.717, 1.165) is 30.7 Å². The number of aromatic nitrogens is 1. The van der Waals surface area contributed by atoms with E-state index >= 15 is 0 Å². The van der Waals surface area contributed by atoms with Crippen LogP contribution >= 0.6 is 0 Å². The number of hydrogen-bond acceptors (Lipinski definition) is 3. The van der Waals surface area contributed by atoms with Crippen LogP contribution in [0.4, 0.5) is 13.2 Å². The fourth-order valence-corrected chi connectivity index (χ4v) is 3.89. The van der Waals surface area contributed by atoms with Crippen molar-refractivity contribution in [3.05, 3.63) is 81.3 Å². The van der Waals surface area contributed by atoms with Crippen molar-refractivity contribution in [3.8, 4) is 0 Å². The predicted molar refractivity (Wildman–Crippen MR) is 112 cm³/mol. The molecule has 0 unspecified atom stereocenters. The summed E-state index contributed by atoms with van der Waals surface area (Å²) in [6.45, 7) is 1.50. The minimum atomic E-state index is -4.43. The average molecular weight is 429 g/mol. The maximum absolute atomic E-state index is 13.0. The lowest BCUT2D eigenvalue weighted by Crippen LogP contribution is -2.24. The maximum Gasteiger partial charge on any atom is 0.416 e. The average Bonchev–Trinajstić information content (AvgIpc) is 3.17. The Kier molecular flexibility index (Phi) is 5.82. The molecule has 1 atom stereocenters. The molecule has 0 saturated carbocycles. The normalized spacial score (nSPS) is 19.8. The molecule has 0 radical (unpaired) electrons. The molecule has 0 spiro atoms. The third-order valence-electron chi connectivity index (χ3n) is 5.53. The summed E-state index contributed by atoms with van der Waals surface area (Å²) in [4.78, 5) is 27.3. The van der Waals surface area contributed by atoms with Crippen LogP contribution in [0.2, 0.25) is 0 Å². The van der Waals surface area contributed by atoms with Gasteiger partial charge in [-0.2, -0.15) is 13.2 Å². The van der Waals surface area contributed by atoms with E-state index in [1.807, 2.05) is 6.08 Å². The first-order valence-electron chi connectivity index (χ1n) is 10.1. The van der Waals surface area contributed by atoms with Gasteiger partial charge in [-0.3, -0.25) is 9.59 Å². The first-order valence-corrected chi connectivity index (χ1v) is 10.1. The Morgan fingerprint density at radius 1 is 1.03 bits per heavy atom. The van der Waals surface area contributed by atoms with Crippen LogP contribution in [-0.4, -0.2) is 30.0 Å². The second-order valence-electron chi connectivity index (χ2n) is 7.67. The van der Waals surface area contributed by atoms with E-state index in [4.69, 9.17) is 0 Å². The SMILES string of the molecule is O=C1CC[C@H](/C=C(\c2ccc(C(F)(F)F)cc2)c2ccc(C3=CCNCC3)c(=O)[nH]2)N1. The summed E-state index contributed by atoms with van der Waals surface area (Å²) in [5, 5.41) is 6.04. The smallest absolute Gasteiger partial charge is 0.350 e. The van der Waals surface area contributed by atoms with E-state index in [9.17, 15) is 22.8 Å². The van der Waals surface area contributed by atoms with E-state index in [-0.39, 0.29) is 17.5 Å². The molecule has 162 valence electrons. The van der Waals surface area contributed by atoms with Gasteiger partial charge in [0.25, 0.3) is 5.56 Å².